The highest BCUT2D eigenvalue weighted by molar-refractivity contribution is 5.59. The molecule has 0 saturated heterocycles. The molecule has 3 heteroatoms. The molecule has 0 amide bonds. The average Bonchev–Trinajstić information content (AvgIpc) is 2.53. The van der Waals surface area contributed by atoms with Crippen LogP contribution in [0.3, 0.4) is 0 Å². The number of aliphatic hydroxyl groups is 1. The summed E-state index contributed by atoms with van der Waals surface area (Å²) in [5, 5.41) is 10.3. The lowest BCUT2D eigenvalue weighted by molar-refractivity contribution is 0.119. The average molecular weight is 270 g/mol. The molecule has 0 aliphatic carbocycles. The Morgan fingerprint density at radius 2 is 1.75 bits per heavy atom. The Hall–Kier alpha value is -1.71. The Morgan fingerprint density at radius 1 is 1.05 bits per heavy atom. The van der Waals surface area contributed by atoms with E-state index in [2.05, 4.69) is 23.7 Å². The maximum atomic E-state index is 10.3. The predicted octanol–water partition coefficient (Wildman–Crippen LogP) is 3.12. The van der Waals surface area contributed by atoms with Gasteiger partial charge in [0.1, 0.15) is 0 Å². The van der Waals surface area contributed by atoms with Gasteiger partial charge in [0.2, 0.25) is 0 Å². The fourth-order valence-corrected chi connectivity index (χ4v) is 2.24. The van der Waals surface area contributed by atoms with Crippen LogP contribution in [0.2, 0.25) is 0 Å². The van der Waals surface area contributed by atoms with Gasteiger partial charge >= 0.3 is 0 Å². The first-order chi connectivity index (χ1) is 9.74. The van der Waals surface area contributed by atoms with Gasteiger partial charge in [-0.1, -0.05) is 44.2 Å². The molecule has 1 unspecified atom stereocenters. The van der Waals surface area contributed by atoms with Gasteiger partial charge in [-0.3, -0.25) is 4.98 Å². The first kappa shape index (κ1) is 14.7. The number of nitrogens with zero attached hydrogens (tertiary/aromatic N) is 2. The smallest absolute Gasteiger partial charge is 0.0916 e. The number of hydrogen-bond acceptors (Lipinski definition) is 3. The molecule has 0 spiro atoms. The van der Waals surface area contributed by atoms with E-state index in [-0.39, 0.29) is 0 Å². The number of aliphatic hydroxyl groups excluding tert-OH is 1. The lowest BCUT2D eigenvalue weighted by atomic mass is 10.0. The Kier molecular flexibility index (Phi) is 5.27. The van der Waals surface area contributed by atoms with Crippen LogP contribution >= 0.6 is 0 Å². The molecule has 106 valence electrons. The van der Waals surface area contributed by atoms with E-state index in [9.17, 15) is 5.11 Å². The SMILES string of the molecule is CCN(CC)CC(O)c1ccc(-c2ccccn2)cc1. The fraction of sp³-hybridized carbons (Fsp3) is 0.353. The van der Waals surface area contributed by atoms with Crippen LogP contribution in [-0.4, -0.2) is 34.6 Å². The first-order valence-corrected chi connectivity index (χ1v) is 7.16. The van der Waals surface area contributed by atoms with Crippen molar-refractivity contribution in [3.05, 3.63) is 54.2 Å². The molecule has 1 aromatic carbocycles. The van der Waals surface area contributed by atoms with Crippen molar-refractivity contribution >= 4 is 0 Å². The van der Waals surface area contributed by atoms with Crippen molar-refractivity contribution in [2.75, 3.05) is 19.6 Å². The van der Waals surface area contributed by atoms with Gasteiger partial charge in [0.15, 0.2) is 0 Å². The molecule has 2 rings (SSSR count). The molecule has 2 aromatic rings. The molecule has 0 saturated carbocycles. The van der Waals surface area contributed by atoms with E-state index < -0.39 is 6.10 Å². The molecule has 1 N–H and O–H groups in total. The quantitative estimate of drug-likeness (QED) is 0.876. The zero-order valence-corrected chi connectivity index (χ0v) is 12.2. The van der Waals surface area contributed by atoms with E-state index in [1.807, 2.05) is 42.5 Å². The number of hydrogen-bond donors (Lipinski definition) is 1. The van der Waals surface area contributed by atoms with Crippen LogP contribution in [-0.2, 0) is 0 Å². The summed E-state index contributed by atoms with van der Waals surface area (Å²) in [7, 11) is 0. The zero-order chi connectivity index (χ0) is 14.4. The van der Waals surface area contributed by atoms with Gasteiger partial charge in [-0.2, -0.15) is 0 Å². The zero-order valence-electron chi connectivity index (χ0n) is 12.2. The molecular formula is C17H22N2O. The van der Waals surface area contributed by atoms with Crippen LogP contribution < -0.4 is 0 Å². The van der Waals surface area contributed by atoms with Crippen molar-refractivity contribution in [2.45, 2.75) is 20.0 Å². The van der Waals surface area contributed by atoms with Crippen LogP contribution in [0.1, 0.15) is 25.5 Å². The van der Waals surface area contributed by atoms with Gasteiger partial charge < -0.3 is 10.0 Å². The first-order valence-electron chi connectivity index (χ1n) is 7.16. The van der Waals surface area contributed by atoms with Crippen molar-refractivity contribution < 1.29 is 5.11 Å². The second-order valence-electron chi connectivity index (χ2n) is 4.84. The Balaban J connectivity index is 2.08. The number of likely N-dealkylation sites (N-methyl/N-ethyl adjacent to an activating group) is 1. The molecular weight excluding hydrogens is 248 g/mol. The van der Waals surface area contributed by atoms with Crippen molar-refractivity contribution in [3.63, 3.8) is 0 Å². The molecule has 3 nitrogen and oxygen atoms in total. The third-order valence-corrected chi connectivity index (χ3v) is 3.58. The van der Waals surface area contributed by atoms with Crippen molar-refractivity contribution in [2.24, 2.45) is 0 Å². The second-order valence-corrected chi connectivity index (χ2v) is 4.84. The topological polar surface area (TPSA) is 36.4 Å². The largest absolute Gasteiger partial charge is 0.387 e. The lowest BCUT2D eigenvalue weighted by Crippen LogP contribution is -2.28. The minimum atomic E-state index is -0.437. The summed E-state index contributed by atoms with van der Waals surface area (Å²) in [5.41, 5.74) is 2.98. The molecule has 0 fully saturated rings. The van der Waals surface area contributed by atoms with E-state index in [1.165, 1.54) is 0 Å². The Bertz CT molecular complexity index is 506. The maximum absolute atomic E-state index is 10.3. The summed E-state index contributed by atoms with van der Waals surface area (Å²) in [6.07, 6.45) is 1.35. The van der Waals surface area contributed by atoms with Gasteiger partial charge in [-0.15, -0.1) is 0 Å². The molecule has 20 heavy (non-hydrogen) atoms. The van der Waals surface area contributed by atoms with Gasteiger partial charge in [0.05, 0.1) is 11.8 Å². The Labute approximate surface area is 120 Å². The predicted molar refractivity (Wildman–Crippen MR) is 82.4 cm³/mol. The number of pyridine rings is 1. The highest BCUT2D eigenvalue weighted by Gasteiger charge is 2.11. The summed E-state index contributed by atoms with van der Waals surface area (Å²) >= 11 is 0. The van der Waals surface area contributed by atoms with Gasteiger partial charge in [0, 0.05) is 18.3 Å². The molecule has 1 atom stereocenters. The van der Waals surface area contributed by atoms with Crippen molar-refractivity contribution in [1.29, 1.82) is 0 Å². The minimum absolute atomic E-state index is 0.437. The maximum Gasteiger partial charge on any atom is 0.0916 e. The molecule has 0 aliphatic rings. The summed E-state index contributed by atoms with van der Waals surface area (Å²) in [6.45, 7) is 6.82. The van der Waals surface area contributed by atoms with Crippen LogP contribution in [0.25, 0.3) is 11.3 Å². The lowest BCUT2D eigenvalue weighted by Gasteiger charge is -2.22. The summed E-state index contributed by atoms with van der Waals surface area (Å²) in [4.78, 5) is 6.55. The van der Waals surface area contributed by atoms with Gasteiger partial charge in [-0.05, 0) is 30.8 Å². The van der Waals surface area contributed by atoms with Crippen LogP contribution in [0.15, 0.2) is 48.7 Å². The number of rotatable bonds is 6. The van der Waals surface area contributed by atoms with Crippen LogP contribution in [0, 0.1) is 0 Å². The highest BCUT2D eigenvalue weighted by Crippen LogP contribution is 2.20. The molecule has 0 bridgehead atoms. The molecule has 1 aromatic heterocycles. The molecule has 1 heterocycles. The Morgan fingerprint density at radius 3 is 2.30 bits per heavy atom. The normalized spacial score (nSPS) is 12.6. The van der Waals surface area contributed by atoms with E-state index in [0.29, 0.717) is 6.54 Å². The van der Waals surface area contributed by atoms with Crippen LogP contribution in [0.4, 0.5) is 0 Å². The van der Waals surface area contributed by atoms with E-state index in [4.69, 9.17) is 0 Å². The summed E-state index contributed by atoms with van der Waals surface area (Å²) in [5.74, 6) is 0. The minimum Gasteiger partial charge on any atom is -0.387 e. The molecule has 0 aliphatic heterocycles. The van der Waals surface area contributed by atoms with E-state index in [1.54, 1.807) is 6.20 Å². The number of aromatic nitrogens is 1. The van der Waals surface area contributed by atoms with Crippen molar-refractivity contribution in [3.8, 4) is 11.3 Å². The monoisotopic (exact) mass is 270 g/mol. The van der Waals surface area contributed by atoms with Gasteiger partial charge in [0.25, 0.3) is 0 Å². The fourth-order valence-electron chi connectivity index (χ4n) is 2.24. The third-order valence-electron chi connectivity index (χ3n) is 3.58. The highest BCUT2D eigenvalue weighted by atomic mass is 16.3. The van der Waals surface area contributed by atoms with Crippen molar-refractivity contribution in [1.82, 2.24) is 9.88 Å². The summed E-state index contributed by atoms with van der Waals surface area (Å²) in [6, 6.07) is 13.9. The van der Waals surface area contributed by atoms with E-state index in [0.717, 1.165) is 29.9 Å². The number of benzene rings is 1. The third kappa shape index (κ3) is 3.65. The van der Waals surface area contributed by atoms with Crippen LogP contribution in [0.5, 0.6) is 0 Å². The second kappa shape index (κ2) is 7.17. The van der Waals surface area contributed by atoms with Gasteiger partial charge in [-0.25, -0.2) is 0 Å². The molecule has 0 radical (unpaired) electrons. The van der Waals surface area contributed by atoms with E-state index >= 15 is 0 Å². The summed E-state index contributed by atoms with van der Waals surface area (Å²) < 4.78 is 0. The standard InChI is InChI=1S/C17H22N2O/c1-3-19(4-2)13-17(20)15-10-8-14(9-11-15)16-7-5-6-12-18-16/h5-12,17,20H,3-4,13H2,1-2H3.